The first-order valence-corrected chi connectivity index (χ1v) is 10.5. The summed E-state index contributed by atoms with van der Waals surface area (Å²) in [5.74, 6) is 0.102. The average molecular weight is 417 g/mol. The van der Waals surface area contributed by atoms with E-state index >= 15 is 0 Å². The van der Waals surface area contributed by atoms with Gasteiger partial charge in [-0.25, -0.2) is 0 Å². The molecule has 0 spiro atoms. The summed E-state index contributed by atoms with van der Waals surface area (Å²) >= 11 is 0. The molecule has 2 N–H and O–H groups in total. The number of ether oxygens (including phenoxy) is 1. The van der Waals surface area contributed by atoms with Gasteiger partial charge in [-0.3, -0.25) is 9.59 Å². The van der Waals surface area contributed by atoms with Gasteiger partial charge in [0.1, 0.15) is 5.75 Å². The first-order valence-electron chi connectivity index (χ1n) is 10.5. The summed E-state index contributed by atoms with van der Waals surface area (Å²) in [4.78, 5) is 25.8. The van der Waals surface area contributed by atoms with Crippen LogP contribution in [-0.4, -0.2) is 17.9 Å². The van der Waals surface area contributed by atoms with Crippen molar-refractivity contribution in [2.24, 2.45) is 0 Å². The van der Waals surface area contributed by atoms with E-state index in [1.165, 1.54) is 0 Å². The number of benzene rings is 3. The maximum Gasteiger partial charge on any atom is 0.265 e. The Morgan fingerprint density at radius 2 is 1.65 bits per heavy atom. The number of carbonyl (C=O) groups excluding carboxylic acids is 2. The van der Waals surface area contributed by atoms with Gasteiger partial charge in [-0.15, -0.1) is 0 Å². The highest BCUT2D eigenvalue weighted by Crippen LogP contribution is 2.20. The molecule has 0 aliphatic heterocycles. The maximum absolute atomic E-state index is 12.9. The summed E-state index contributed by atoms with van der Waals surface area (Å²) in [7, 11) is 0. The predicted octanol–water partition coefficient (Wildman–Crippen LogP) is 5.28. The van der Waals surface area contributed by atoms with Crippen LogP contribution in [0.1, 0.15) is 47.8 Å². The largest absolute Gasteiger partial charge is 0.481 e. The summed E-state index contributed by atoms with van der Waals surface area (Å²) in [6, 6.07) is 24.1. The Labute approximate surface area is 183 Å². The average Bonchev–Trinajstić information content (AvgIpc) is 2.78. The van der Waals surface area contributed by atoms with Crippen LogP contribution in [0, 0.1) is 6.92 Å². The zero-order valence-corrected chi connectivity index (χ0v) is 18.1. The minimum Gasteiger partial charge on any atom is -0.481 e. The van der Waals surface area contributed by atoms with Crippen molar-refractivity contribution in [2.75, 3.05) is 5.32 Å². The zero-order chi connectivity index (χ0) is 22.2. The Morgan fingerprint density at radius 3 is 2.35 bits per heavy atom. The molecule has 0 aliphatic rings. The minimum absolute atomic E-state index is 0.162. The van der Waals surface area contributed by atoms with E-state index < -0.39 is 6.10 Å². The van der Waals surface area contributed by atoms with Crippen molar-refractivity contribution in [3.63, 3.8) is 0 Å². The van der Waals surface area contributed by atoms with Crippen molar-refractivity contribution in [3.05, 3.63) is 95.6 Å². The molecule has 160 valence electrons. The number of para-hydroxylation sites is 1. The van der Waals surface area contributed by atoms with Gasteiger partial charge < -0.3 is 15.4 Å². The van der Waals surface area contributed by atoms with Crippen LogP contribution in [-0.2, 0) is 4.79 Å². The number of carbonyl (C=O) groups is 2. The van der Waals surface area contributed by atoms with E-state index in [4.69, 9.17) is 4.74 Å². The Kier molecular flexibility index (Phi) is 7.44. The molecule has 2 atom stereocenters. The summed E-state index contributed by atoms with van der Waals surface area (Å²) in [5, 5.41) is 5.86. The first-order chi connectivity index (χ1) is 15.0. The number of aryl methyl sites for hydroxylation is 1. The molecule has 5 heteroatoms. The smallest absolute Gasteiger partial charge is 0.265 e. The highest BCUT2D eigenvalue weighted by atomic mass is 16.5. The van der Waals surface area contributed by atoms with Crippen molar-refractivity contribution < 1.29 is 14.3 Å². The third-order valence-corrected chi connectivity index (χ3v) is 5.01. The molecule has 0 aromatic heterocycles. The lowest BCUT2D eigenvalue weighted by atomic mass is 10.1. The van der Waals surface area contributed by atoms with Crippen LogP contribution >= 0.6 is 0 Å². The van der Waals surface area contributed by atoms with Gasteiger partial charge >= 0.3 is 0 Å². The van der Waals surface area contributed by atoms with E-state index in [9.17, 15) is 9.59 Å². The van der Waals surface area contributed by atoms with Crippen molar-refractivity contribution in [1.29, 1.82) is 0 Å². The second-order valence-corrected chi connectivity index (χ2v) is 7.47. The summed E-state index contributed by atoms with van der Waals surface area (Å²) in [6.07, 6.45) is -0.166. The second kappa shape index (κ2) is 10.4. The van der Waals surface area contributed by atoms with Crippen LogP contribution in [0.2, 0.25) is 0 Å². The molecule has 3 rings (SSSR count). The Hall–Kier alpha value is -3.60. The van der Waals surface area contributed by atoms with Crippen molar-refractivity contribution in [3.8, 4) is 5.75 Å². The standard InChI is InChI=1S/C26H28N2O3/c1-4-24(31-21-14-10-11-18(2)17-21)26(30)28-23-16-9-8-15-22(23)25(29)27-19(3)20-12-6-5-7-13-20/h5-17,19,24H,4H2,1-3H3,(H,27,29)(H,28,30)/t19-,24+/m0/s1. The summed E-state index contributed by atoms with van der Waals surface area (Å²) < 4.78 is 5.89. The lowest BCUT2D eigenvalue weighted by molar-refractivity contribution is -0.122. The number of amides is 2. The van der Waals surface area contributed by atoms with Gasteiger partial charge in [-0.05, 0) is 55.7 Å². The van der Waals surface area contributed by atoms with Crippen molar-refractivity contribution in [1.82, 2.24) is 5.32 Å². The van der Waals surface area contributed by atoms with Gasteiger partial charge in [-0.1, -0.05) is 61.5 Å². The Bertz CT molecular complexity index is 1030. The van der Waals surface area contributed by atoms with Gasteiger partial charge in [0.15, 0.2) is 6.10 Å². The number of hydrogen-bond acceptors (Lipinski definition) is 3. The van der Waals surface area contributed by atoms with Crippen molar-refractivity contribution in [2.45, 2.75) is 39.3 Å². The van der Waals surface area contributed by atoms with E-state index in [0.717, 1.165) is 11.1 Å². The summed E-state index contributed by atoms with van der Waals surface area (Å²) in [6.45, 7) is 5.79. The van der Waals surface area contributed by atoms with E-state index in [1.807, 2.05) is 75.4 Å². The number of nitrogens with one attached hydrogen (secondary N) is 2. The predicted molar refractivity (Wildman–Crippen MR) is 123 cm³/mol. The number of hydrogen-bond donors (Lipinski definition) is 2. The fourth-order valence-corrected chi connectivity index (χ4v) is 3.28. The molecule has 0 unspecified atom stereocenters. The van der Waals surface area contributed by atoms with Gasteiger partial charge in [0, 0.05) is 0 Å². The van der Waals surface area contributed by atoms with Crippen molar-refractivity contribution >= 4 is 17.5 Å². The number of anilines is 1. The quantitative estimate of drug-likeness (QED) is 0.525. The van der Waals surface area contributed by atoms with Crippen LogP contribution in [0.15, 0.2) is 78.9 Å². The second-order valence-electron chi connectivity index (χ2n) is 7.47. The fraction of sp³-hybridized carbons (Fsp3) is 0.231. The SMILES string of the molecule is CC[C@@H](Oc1cccc(C)c1)C(=O)Nc1ccccc1C(=O)N[C@@H](C)c1ccccc1. The van der Waals surface area contributed by atoms with E-state index in [2.05, 4.69) is 10.6 Å². The van der Waals surface area contributed by atoms with Gasteiger partial charge in [0.2, 0.25) is 0 Å². The Morgan fingerprint density at radius 1 is 0.935 bits per heavy atom. The lowest BCUT2D eigenvalue weighted by Crippen LogP contribution is -2.34. The minimum atomic E-state index is -0.666. The molecule has 0 aliphatic carbocycles. The molecule has 31 heavy (non-hydrogen) atoms. The van der Waals surface area contributed by atoms with E-state index in [0.29, 0.717) is 23.4 Å². The highest BCUT2D eigenvalue weighted by Gasteiger charge is 2.21. The van der Waals surface area contributed by atoms with Gasteiger partial charge in [-0.2, -0.15) is 0 Å². The van der Waals surface area contributed by atoms with Crippen LogP contribution in [0.4, 0.5) is 5.69 Å². The van der Waals surface area contributed by atoms with Crippen LogP contribution in [0.25, 0.3) is 0 Å². The van der Waals surface area contributed by atoms with Gasteiger partial charge in [0.05, 0.1) is 17.3 Å². The molecule has 0 saturated carbocycles. The topological polar surface area (TPSA) is 67.4 Å². The molecule has 0 heterocycles. The molecule has 2 amide bonds. The molecule has 0 fully saturated rings. The molecule has 5 nitrogen and oxygen atoms in total. The molecule has 0 saturated heterocycles. The highest BCUT2D eigenvalue weighted by molar-refractivity contribution is 6.04. The Balaban J connectivity index is 1.71. The maximum atomic E-state index is 12.9. The number of rotatable bonds is 8. The lowest BCUT2D eigenvalue weighted by Gasteiger charge is -2.19. The van der Waals surface area contributed by atoms with Crippen LogP contribution in [0.5, 0.6) is 5.75 Å². The molecule has 0 radical (unpaired) electrons. The molecule has 3 aromatic carbocycles. The molecular weight excluding hydrogens is 388 g/mol. The molecule has 0 bridgehead atoms. The zero-order valence-electron chi connectivity index (χ0n) is 18.1. The van der Waals surface area contributed by atoms with E-state index in [-0.39, 0.29) is 17.9 Å². The summed E-state index contributed by atoms with van der Waals surface area (Å²) in [5.41, 5.74) is 2.93. The van der Waals surface area contributed by atoms with E-state index in [1.54, 1.807) is 24.3 Å². The normalized spacial score (nSPS) is 12.5. The fourth-order valence-electron chi connectivity index (χ4n) is 3.28. The third-order valence-electron chi connectivity index (χ3n) is 5.01. The monoisotopic (exact) mass is 416 g/mol. The van der Waals surface area contributed by atoms with Gasteiger partial charge in [0.25, 0.3) is 11.8 Å². The molecular formula is C26H28N2O3. The van der Waals surface area contributed by atoms with Crippen LogP contribution in [0.3, 0.4) is 0 Å². The first kappa shape index (κ1) is 22.1. The third kappa shape index (κ3) is 5.95. The van der Waals surface area contributed by atoms with Crippen LogP contribution < -0.4 is 15.4 Å². The molecule has 3 aromatic rings.